The van der Waals surface area contributed by atoms with Crippen LogP contribution in [0.15, 0.2) is 12.7 Å². The summed E-state index contributed by atoms with van der Waals surface area (Å²) in [6, 6.07) is -0.225. The van der Waals surface area contributed by atoms with Crippen molar-refractivity contribution in [1.29, 1.82) is 0 Å². The van der Waals surface area contributed by atoms with Crippen LogP contribution in [0, 0.1) is 5.92 Å². The topological polar surface area (TPSA) is 75.6 Å². The number of hydrogen-bond donors (Lipinski definition) is 2. The second kappa shape index (κ2) is 9.53. The van der Waals surface area contributed by atoms with Crippen molar-refractivity contribution in [2.75, 3.05) is 13.2 Å². The van der Waals surface area contributed by atoms with Crippen LogP contribution in [0.25, 0.3) is 0 Å². The first kappa shape index (κ1) is 16.7. The maximum absolute atomic E-state index is 11.8. The van der Waals surface area contributed by atoms with Gasteiger partial charge in [-0.25, -0.2) is 0 Å². The molecule has 0 aromatic carbocycles. The summed E-state index contributed by atoms with van der Waals surface area (Å²) < 4.78 is 5.21. The number of hydrogen-bond acceptors (Lipinski definition) is 3. The third kappa shape index (κ3) is 6.19. The highest BCUT2D eigenvalue weighted by atomic mass is 16.5. The molecule has 0 saturated heterocycles. The summed E-state index contributed by atoms with van der Waals surface area (Å²) in [5, 5.41) is 12.1. The van der Waals surface area contributed by atoms with Gasteiger partial charge in [0.1, 0.15) is 0 Å². The molecular weight excluding hydrogens is 258 g/mol. The van der Waals surface area contributed by atoms with E-state index >= 15 is 0 Å². The number of carbonyl (C=O) groups excluding carboxylic acids is 1. The van der Waals surface area contributed by atoms with Crippen LogP contribution in [0.2, 0.25) is 0 Å². The molecule has 0 unspecified atom stereocenters. The van der Waals surface area contributed by atoms with Gasteiger partial charge in [-0.15, -0.1) is 6.58 Å². The average molecular weight is 283 g/mol. The number of amides is 1. The molecule has 1 amide bonds. The molecule has 0 bridgehead atoms. The number of carboxylic acids is 1. The van der Waals surface area contributed by atoms with E-state index < -0.39 is 11.9 Å². The SMILES string of the molecule is C=CCOCCCC(=O)N[C@H]1CCCCC[C@H]1C(=O)O. The van der Waals surface area contributed by atoms with Crippen LogP contribution < -0.4 is 5.32 Å². The van der Waals surface area contributed by atoms with E-state index in [-0.39, 0.29) is 11.9 Å². The maximum atomic E-state index is 11.8. The fourth-order valence-corrected chi connectivity index (χ4v) is 2.56. The van der Waals surface area contributed by atoms with Gasteiger partial charge in [-0.05, 0) is 19.3 Å². The maximum Gasteiger partial charge on any atom is 0.308 e. The predicted octanol–water partition coefficient (Wildman–Crippen LogP) is 2.12. The van der Waals surface area contributed by atoms with Crippen molar-refractivity contribution in [2.24, 2.45) is 5.92 Å². The first-order valence-electron chi connectivity index (χ1n) is 7.36. The van der Waals surface area contributed by atoms with Crippen LogP contribution in [0.1, 0.15) is 44.9 Å². The Morgan fingerprint density at radius 1 is 1.30 bits per heavy atom. The van der Waals surface area contributed by atoms with Gasteiger partial charge in [0.05, 0.1) is 12.5 Å². The van der Waals surface area contributed by atoms with Crippen molar-refractivity contribution in [3.63, 3.8) is 0 Å². The Labute approximate surface area is 120 Å². The molecule has 2 atom stereocenters. The highest BCUT2D eigenvalue weighted by Crippen LogP contribution is 2.23. The van der Waals surface area contributed by atoms with Crippen LogP contribution in [-0.2, 0) is 14.3 Å². The van der Waals surface area contributed by atoms with Gasteiger partial charge in [0.25, 0.3) is 0 Å². The minimum atomic E-state index is -0.800. The van der Waals surface area contributed by atoms with Crippen molar-refractivity contribution in [1.82, 2.24) is 5.32 Å². The normalized spacial score (nSPS) is 22.8. The van der Waals surface area contributed by atoms with Crippen LogP contribution >= 0.6 is 0 Å². The molecule has 5 nitrogen and oxygen atoms in total. The molecule has 0 aliphatic heterocycles. The number of carboxylic acid groups (broad SMARTS) is 1. The second-order valence-corrected chi connectivity index (χ2v) is 5.22. The van der Waals surface area contributed by atoms with E-state index in [1.165, 1.54) is 0 Å². The zero-order chi connectivity index (χ0) is 14.8. The van der Waals surface area contributed by atoms with E-state index in [4.69, 9.17) is 4.74 Å². The van der Waals surface area contributed by atoms with Crippen molar-refractivity contribution < 1.29 is 19.4 Å². The average Bonchev–Trinajstić information content (AvgIpc) is 2.64. The van der Waals surface area contributed by atoms with Gasteiger partial charge in [-0.3, -0.25) is 9.59 Å². The molecule has 1 rings (SSSR count). The van der Waals surface area contributed by atoms with Crippen LogP contribution in [0.4, 0.5) is 0 Å². The van der Waals surface area contributed by atoms with Crippen molar-refractivity contribution in [3.8, 4) is 0 Å². The quantitative estimate of drug-likeness (QED) is 0.406. The Kier molecular flexibility index (Phi) is 7.95. The molecule has 1 saturated carbocycles. The minimum absolute atomic E-state index is 0.0784. The molecule has 1 aliphatic rings. The number of nitrogens with one attached hydrogen (secondary N) is 1. The van der Waals surface area contributed by atoms with Gasteiger partial charge in [-0.2, -0.15) is 0 Å². The number of aliphatic carboxylic acids is 1. The molecule has 0 heterocycles. The van der Waals surface area contributed by atoms with Gasteiger partial charge < -0.3 is 15.2 Å². The van der Waals surface area contributed by atoms with Gasteiger partial charge in [-0.1, -0.05) is 25.3 Å². The summed E-state index contributed by atoms with van der Waals surface area (Å²) in [5.74, 6) is -1.32. The zero-order valence-corrected chi connectivity index (χ0v) is 12.0. The smallest absolute Gasteiger partial charge is 0.308 e. The third-order valence-corrected chi connectivity index (χ3v) is 3.61. The lowest BCUT2D eigenvalue weighted by molar-refractivity contribution is -0.143. The predicted molar refractivity (Wildman–Crippen MR) is 76.4 cm³/mol. The first-order chi connectivity index (χ1) is 9.65. The largest absolute Gasteiger partial charge is 0.481 e. The molecule has 114 valence electrons. The van der Waals surface area contributed by atoms with Gasteiger partial charge in [0, 0.05) is 19.1 Å². The summed E-state index contributed by atoms with van der Waals surface area (Å²) in [5.41, 5.74) is 0. The molecule has 0 aromatic rings. The van der Waals surface area contributed by atoms with Crippen molar-refractivity contribution in [2.45, 2.75) is 51.0 Å². The third-order valence-electron chi connectivity index (χ3n) is 3.61. The fourth-order valence-electron chi connectivity index (χ4n) is 2.56. The second-order valence-electron chi connectivity index (χ2n) is 5.22. The molecule has 0 radical (unpaired) electrons. The summed E-state index contributed by atoms with van der Waals surface area (Å²) in [7, 11) is 0. The van der Waals surface area contributed by atoms with E-state index in [0.29, 0.717) is 32.5 Å². The lowest BCUT2D eigenvalue weighted by atomic mass is 9.94. The number of carbonyl (C=O) groups is 2. The fraction of sp³-hybridized carbons (Fsp3) is 0.733. The van der Waals surface area contributed by atoms with E-state index in [9.17, 15) is 14.7 Å². The molecule has 5 heteroatoms. The van der Waals surface area contributed by atoms with Crippen LogP contribution in [-0.4, -0.2) is 36.2 Å². The van der Waals surface area contributed by atoms with Gasteiger partial charge in [0.2, 0.25) is 5.91 Å². The highest BCUT2D eigenvalue weighted by Gasteiger charge is 2.30. The Hall–Kier alpha value is -1.36. The van der Waals surface area contributed by atoms with E-state index in [1.54, 1.807) is 6.08 Å². The van der Waals surface area contributed by atoms with E-state index in [0.717, 1.165) is 25.7 Å². The lowest BCUT2D eigenvalue weighted by Crippen LogP contribution is -2.42. The molecule has 20 heavy (non-hydrogen) atoms. The molecule has 2 N–H and O–H groups in total. The highest BCUT2D eigenvalue weighted by molar-refractivity contribution is 5.78. The molecule has 0 aromatic heterocycles. The van der Waals surface area contributed by atoms with Gasteiger partial charge >= 0.3 is 5.97 Å². The monoisotopic (exact) mass is 283 g/mol. The van der Waals surface area contributed by atoms with E-state index in [2.05, 4.69) is 11.9 Å². The summed E-state index contributed by atoms with van der Waals surface area (Å²) in [6.07, 6.45) is 7.06. The Morgan fingerprint density at radius 3 is 2.75 bits per heavy atom. The first-order valence-corrected chi connectivity index (χ1v) is 7.36. The van der Waals surface area contributed by atoms with Crippen molar-refractivity contribution in [3.05, 3.63) is 12.7 Å². The van der Waals surface area contributed by atoms with Crippen LogP contribution in [0.3, 0.4) is 0 Å². The minimum Gasteiger partial charge on any atom is -0.481 e. The number of ether oxygens (including phenoxy) is 1. The lowest BCUT2D eigenvalue weighted by Gasteiger charge is -2.22. The summed E-state index contributed by atoms with van der Waals surface area (Å²) in [4.78, 5) is 23.1. The summed E-state index contributed by atoms with van der Waals surface area (Å²) >= 11 is 0. The molecule has 0 spiro atoms. The standard InChI is InChI=1S/C15H25NO4/c1-2-10-20-11-6-9-14(17)16-13-8-5-3-4-7-12(13)15(18)19/h2,12-13H,1,3-11H2,(H,16,17)(H,18,19)/t12-,13+/m1/s1. The molecule has 1 fully saturated rings. The Morgan fingerprint density at radius 2 is 2.05 bits per heavy atom. The Balaban J connectivity index is 2.33. The summed E-state index contributed by atoms with van der Waals surface area (Å²) in [6.45, 7) is 4.56. The van der Waals surface area contributed by atoms with Crippen LogP contribution in [0.5, 0.6) is 0 Å². The molecule has 1 aliphatic carbocycles. The van der Waals surface area contributed by atoms with Gasteiger partial charge in [0.15, 0.2) is 0 Å². The van der Waals surface area contributed by atoms with E-state index in [1.807, 2.05) is 0 Å². The zero-order valence-electron chi connectivity index (χ0n) is 12.0. The molecular formula is C15H25NO4. The van der Waals surface area contributed by atoms with Crippen molar-refractivity contribution >= 4 is 11.9 Å². The number of rotatable bonds is 8. The Bertz CT molecular complexity index is 330.